The van der Waals surface area contributed by atoms with Crippen LogP contribution in [0.1, 0.15) is 48.2 Å². The van der Waals surface area contributed by atoms with E-state index in [1.165, 1.54) is 6.92 Å². The van der Waals surface area contributed by atoms with Crippen LogP contribution in [0.2, 0.25) is 0 Å². The second-order valence-corrected chi connectivity index (χ2v) is 4.81. The van der Waals surface area contributed by atoms with Crippen molar-refractivity contribution in [2.75, 3.05) is 0 Å². The molecular formula is C14H14F6O. The van der Waals surface area contributed by atoms with Crippen molar-refractivity contribution in [3.05, 3.63) is 34.9 Å². The van der Waals surface area contributed by atoms with E-state index in [4.69, 9.17) is 0 Å². The maximum absolute atomic E-state index is 12.9. The molecule has 1 aromatic carbocycles. The van der Waals surface area contributed by atoms with Crippen LogP contribution in [0.25, 0.3) is 0 Å². The molecule has 1 rings (SSSR count). The molecule has 0 N–H and O–H groups in total. The van der Waals surface area contributed by atoms with Crippen LogP contribution in [0.3, 0.4) is 0 Å². The Kier molecular flexibility index (Phi) is 5.07. The number of ketones is 1. The molecule has 0 aliphatic carbocycles. The van der Waals surface area contributed by atoms with Crippen LogP contribution in [0.5, 0.6) is 0 Å². The zero-order chi connectivity index (χ0) is 16.4. The smallest absolute Gasteiger partial charge is 0.294 e. The summed E-state index contributed by atoms with van der Waals surface area (Å²) in [5, 5.41) is 0. The fourth-order valence-electron chi connectivity index (χ4n) is 2.00. The van der Waals surface area contributed by atoms with Crippen molar-refractivity contribution in [3.8, 4) is 0 Å². The molecule has 0 fully saturated rings. The molecule has 0 aliphatic rings. The summed E-state index contributed by atoms with van der Waals surface area (Å²) in [5.41, 5.74) is -3.51. The van der Waals surface area contributed by atoms with Crippen molar-refractivity contribution in [3.63, 3.8) is 0 Å². The first-order chi connectivity index (χ1) is 9.48. The van der Waals surface area contributed by atoms with Gasteiger partial charge in [-0.15, -0.1) is 0 Å². The van der Waals surface area contributed by atoms with Crippen LogP contribution in [-0.4, -0.2) is 5.78 Å². The first-order valence-electron chi connectivity index (χ1n) is 6.31. The Morgan fingerprint density at radius 3 is 2.10 bits per heavy atom. The number of carbonyl (C=O) groups excluding carboxylic acids is 1. The summed E-state index contributed by atoms with van der Waals surface area (Å²) in [6, 6.07) is 0.941. The summed E-state index contributed by atoms with van der Waals surface area (Å²) in [5.74, 6) is -1.69. The van der Waals surface area contributed by atoms with E-state index in [-0.39, 0.29) is 6.07 Å². The number of hydrogen-bond donors (Lipinski definition) is 0. The predicted molar refractivity (Wildman–Crippen MR) is 64.8 cm³/mol. The third kappa shape index (κ3) is 4.22. The van der Waals surface area contributed by atoms with Crippen LogP contribution >= 0.6 is 0 Å². The second-order valence-electron chi connectivity index (χ2n) is 4.81. The lowest BCUT2D eigenvalue weighted by Crippen LogP contribution is -2.19. The Balaban J connectivity index is 3.40. The topological polar surface area (TPSA) is 17.1 Å². The van der Waals surface area contributed by atoms with Crippen molar-refractivity contribution in [2.24, 2.45) is 5.92 Å². The molecule has 1 atom stereocenters. The van der Waals surface area contributed by atoms with Gasteiger partial charge in [0.05, 0.1) is 11.1 Å². The fourth-order valence-corrected chi connectivity index (χ4v) is 2.00. The standard InChI is InChI=1S/C14H14F6O/c1-3-4-8(2)12(21)10-7-9(13(15,16)17)5-6-11(10)14(18,19)20/h5-8H,3-4H2,1-2H3. The van der Waals surface area contributed by atoms with Crippen molar-refractivity contribution in [2.45, 2.75) is 39.0 Å². The number of rotatable bonds is 4. The predicted octanol–water partition coefficient (Wildman–Crippen LogP) is 5.34. The second kappa shape index (κ2) is 6.07. The van der Waals surface area contributed by atoms with E-state index < -0.39 is 40.7 Å². The molecule has 1 unspecified atom stereocenters. The summed E-state index contributed by atoms with van der Waals surface area (Å²) >= 11 is 0. The monoisotopic (exact) mass is 312 g/mol. The Bertz CT molecular complexity index is 515. The van der Waals surface area contributed by atoms with Crippen molar-refractivity contribution in [1.82, 2.24) is 0 Å². The average Bonchev–Trinajstić information content (AvgIpc) is 2.35. The largest absolute Gasteiger partial charge is 0.417 e. The molecule has 0 radical (unpaired) electrons. The highest BCUT2D eigenvalue weighted by Crippen LogP contribution is 2.37. The van der Waals surface area contributed by atoms with Crippen molar-refractivity contribution >= 4 is 5.78 Å². The van der Waals surface area contributed by atoms with E-state index in [0.717, 1.165) is 0 Å². The number of carbonyl (C=O) groups is 1. The maximum atomic E-state index is 12.9. The van der Waals surface area contributed by atoms with Crippen LogP contribution in [-0.2, 0) is 12.4 Å². The van der Waals surface area contributed by atoms with Crippen LogP contribution in [0.4, 0.5) is 26.3 Å². The molecular weight excluding hydrogens is 298 g/mol. The van der Waals surface area contributed by atoms with Gasteiger partial charge >= 0.3 is 12.4 Å². The maximum Gasteiger partial charge on any atom is 0.417 e. The zero-order valence-corrected chi connectivity index (χ0v) is 11.4. The van der Waals surface area contributed by atoms with E-state index in [1.54, 1.807) is 6.92 Å². The quantitative estimate of drug-likeness (QED) is 0.541. The first-order valence-corrected chi connectivity index (χ1v) is 6.31. The Morgan fingerprint density at radius 1 is 1.10 bits per heavy atom. The van der Waals surface area contributed by atoms with E-state index in [0.29, 0.717) is 25.0 Å². The molecule has 1 nitrogen and oxygen atoms in total. The van der Waals surface area contributed by atoms with E-state index in [2.05, 4.69) is 0 Å². The molecule has 0 saturated heterocycles. The van der Waals surface area contributed by atoms with Gasteiger partial charge in [0.1, 0.15) is 0 Å². The van der Waals surface area contributed by atoms with Gasteiger partial charge < -0.3 is 0 Å². The van der Waals surface area contributed by atoms with E-state index >= 15 is 0 Å². The van der Waals surface area contributed by atoms with Crippen molar-refractivity contribution < 1.29 is 31.1 Å². The lowest BCUT2D eigenvalue weighted by atomic mass is 9.91. The molecule has 0 amide bonds. The molecule has 0 bridgehead atoms. The zero-order valence-electron chi connectivity index (χ0n) is 11.4. The van der Waals surface area contributed by atoms with E-state index in [9.17, 15) is 31.1 Å². The highest BCUT2D eigenvalue weighted by atomic mass is 19.4. The van der Waals surface area contributed by atoms with E-state index in [1.807, 2.05) is 0 Å². The van der Waals surface area contributed by atoms with Gasteiger partial charge in [0.15, 0.2) is 5.78 Å². The number of benzene rings is 1. The molecule has 0 saturated carbocycles. The van der Waals surface area contributed by atoms with Gasteiger partial charge in [-0.3, -0.25) is 4.79 Å². The van der Waals surface area contributed by atoms with Gasteiger partial charge in [-0.1, -0.05) is 20.3 Å². The fraction of sp³-hybridized carbons (Fsp3) is 0.500. The summed E-state index contributed by atoms with van der Waals surface area (Å²) in [6.45, 7) is 3.15. The minimum Gasteiger partial charge on any atom is -0.294 e. The third-order valence-corrected chi connectivity index (χ3v) is 3.09. The number of halogens is 6. The van der Waals surface area contributed by atoms with Crippen LogP contribution in [0.15, 0.2) is 18.2 Å². The Hall–Kier alpha value is -1.53. The molecule has 1 aromatic rings. The summed E-state index contributed by atoms with van der Waals surface area (Å²) in [4.78, 5) is 12.0. The number of Topliss-reactive ketones (excluding diaryl/α,β-unsaturated/α-hetero) is 1. The van der Waals surface area contributed by atoms with Gasteiger partial charge in [-0.2, -0.15) is 26.3 Å². The molecule has 118 valence electrons. The minimum atomic E-state index is -4.87. The van der Waals surface area contributed by atoms with Gasteiger partial charge in [0.25, 0.3) is 0 Å². The van der Waals surface area contributed by atoms with Gasteiger partial charge in [-0.25, -0.2) is 0 Å². The molecule has 0 heterocycles. The number of hydrogen-bond acceptors (Lipinski definition) is 1. The van der Waals surface area contributed by atoms with Crippen LogP contribution < -0.4 is 0 Å². The highest BCUT2D eigenvalue weighted by Gasteiger charge is 2.39. The first kappa shape index (κ1) is 17.5. The third-order valence-electron chi connectivity index (χ3n) is 3.09. The lowest BCUT2D eigenvalue weighted by Gasteiger charge is -2.17. The highest BCUT2D eigenvalue weighted by molar-refractivity contribution is 5.99. The molecule has 0 spiro atoms. The Labute approximate surface area is 118 Å². The summed E-state index contributed by atoms with van der Waals surface area (Å²) in [7, 11) is 0. The van der Waals surface area contributed by atoms with Gasteiger partial charge in [0, 0.05) is 11.5 Å². The molecule has 0 aromatic heterocycles. The summed E-state index contributed by atoms with van der Waals surface area (Å²) in [6.07, 6.45) is -8.81. The minimum absolute atomic E-state index is 0.289. The lowest BCUT2D eigenvalue weighted by molar-refractivity contribution is -0.141. The van der Waals surface area contributed by atoms with Gasteiger partial charge in [-0.05, 0) is 24.6 Å². The molecule has 7 heteroatoms. The number of alkyl halides is 6. The average molecular weight is 312 g/mol. The molecule has 0 aliphatic heterocycles. The van der Waals surface area contributed by atoms with Crippen LogP contribution in [0, 0.1) is 5.92 Å². The Morgan fingerprint density at radius 2 is 1.67 bits per heavy atom. The SMILES string of the molecule is CCCC(C)C(=O)c1cc(C(F)(F)F)ccc1C(F)(F)F. The summed E-state index contributed by atoms with van der Waals surface area (Å²) < 4.78 is 76.4. The molecule has 21 heavy (non-hydrogen) atoms. The van der Waals surface area contributed by atoms with Crippen molar-refractivity contribution in [1.29, 1.82) is 0 Å². The van der Waals surface area contributed by atoms with Gasteiger partial charge in [0.2, 0.25) is 0 Å². The normalized spacial score (nSPS) is 14.1.